The summed E-state index contributed by atoms with van der Waals surface area (Å²) in [4.78, 5) is 62.5. The zero-order valence-corrected chi connectivity index (χ0v) is 28.0. The van der Waals surface area contributed by atoms with Crippen LogP contribution in [0.3, 0.4) is 0 Å². The van der Waals surface area contributed by atoms with E-state index in [2.05, 4.69) is 10.6 Å². The number of carbonyl (C=O) groups is 5. The third kappa shape index (κ3) is 11.2. The molecule has 2 aromatic rings. The average molecular weight is 763 g/mol. The van der Waals surface area contributed by atoms with Gasteiger partial charge in [-0.2, -0.15) is 30.7 Å². The number of rotatable bonds is 15. The molecule has 2 aromatic carbocycles. The van der Waals surface area contributed by atoms with Gasteiger partial charge in [0.25, 0.3) is 11.8 Å². The van der Waals surface area contributed by atoms with Crippen molar-refractivity contribution >= 4 is 52.7 Å². The molecule has 0 bridgehead atoms. The van der Waals surface area contributed by atoms with E-state index in [9.17, 15) is 45.9 Å². The maximum absolute atomic E-state index is 15.1. The number of imide groups is 1. The van der Waals surface area contributed by atoms with Gasteiger partial charge in [0.2, 0.25) is 11.8 Å². The molecular formula is C30H31Cl2F7N4O7. The molecule has 0 aliphatic carbocycles. The quantitative estimate of drug-likeness (QED) is 0.196. The topological polar surface area (TPSA) is 152 Å². The number of hydrogen-bond acceptors (Lipinski definition) is 7. The van der Waals surface area contributed by atoms with Crippen molar-refractivity contribution in [3.05, 3.63) is 63.6 Å². The minimum absolute atomic E-state index is 0.0111. The van der Waals surface area contributed by atoms with Gasteiger partial charge in [-0.1, -0.05) is 55.2 Å². The molecule has 0 aliphatic heterocycles. The average Bonchev–Trinajstić information content (AvgIpc) is 3.03. The number of ether oxygens (including phenoxy) is 2. The number of halogens is 9. The van der Waals surface area contributed by atoms with E-state index in [1.807, 2.05) is 5.32 Å². The molecule has 0 saturated heterocycles. The van der Waals surface area contributed by atoms with E-state index in [0.717, 1.165) is 25.3 Å². The maximum Gasteiger partial charge on any atom is 0.471 e. The van der Waals surface area contributed by atoms with E-state index in [1.54, 1.807) is 0 Å². The molecule has 276 valence electrons. The standard InChI is InChI=1S/C30H31Cl2F7N4O7/c1-14(2)20(12-28(33,34)25(46)43-27(48)30(37,38)39)40-24(45)22(15-5-8-17(50-4)9-6-15)42-23(44)21(13-49-3)41-26(47)29(35,36)16-7-10-18(31)19(32)11-16/h5-11,14,20-22H,12-13H2,1-4H3,(H,40,45)(H,41,47)(H,42,44)(H,43,46,48)/t20-,21-,22-/m0/s1. The van der Waals surface area contributed by atoms with Crippen LogP contribution in [0.5, 0.6) is 5.75 Å². The van der Waals surface area contributed by atoms with Crippen LogP contribution in [-0.2, 0) is 34.6 Å². The Balaban J connectivity index is 2.38. The molecule has 0 spiro atoms. The molecule has 0 radical (unpaired) electrons. The lowest BCUT2D eigenvalue weighted by Gasteiger charge is -2.29. The summed E-state index contributed by atoms with van der Waals surface area (Å²) in [7, 11) is 2.39. The predicted octanol–water partition coefficient (Wildman–Crippen LogP) is 4.45. The smallest absolute Gasteiger partial charge is 0.471 e. The van der Waals surface area contributed by atoms with Crippen LogP contribution >= 0.6 is 23.2 Å². The van der Waals surface area contributed by atoms with E-state index in [1.165, 1.54) is 45.2 Å². The van der Waals surface area contributed by atoms with Crippen molar-refractivity contribution in [1.82, 2.24) is 21.3 Å². The Hall–Kier alpha value is -4.16. The first-order chi connectivity index (χ1) is 23.0. The Morgan fingerprint density at radius 2 is 1.36 bits per heavy atom. The predicted molar refractivity (Wildman–Crippen MR) is 164 cm³/mol. The third-order valence-electron chi connectivity index (χ3n) is 6.95. The summed E-state index contributed by atoms with van der Waals surface area (Å²) in [6.07, 6.45) is -7.22. The van der Waals surface area contributed by atoms with Gasteiger partial charge in [-0.15, -0.1) is 0 Å². The van der Waals surface area contributed by atoms with Crippen LogP contribution in [0.1, 0.15) is 37.4 Å². The maximum atomic E-state index is 15.1. The number of carbonyl (C=O) groups excluding carboxylic acids is 5. The Morgan fingerprint density at radius 3 is 1.86 bits per heavy atom. The highest BCUT2D eigenvalue weighted by Gasteiger charge is 2.48. The molecule has 0 saturated carbocycles. The lowest BCUT2D eigenvalue weighted by Crippen LogP contribution is -2.56. The van der Waals surface area contributed by atoms with E-state index in [4.69, 9.17) is 32.7 Å². The van der Waals surface area contributed by atoms with Gasteiger partial charge in [0.15, 0.2) is 0 Å². The van der Waals surface area contributed by atoms with Gasteiger partial charge in [0.1, 0.15) is 17.8 Å². The summed E-state index contributed by atoms with van der Waals surface area (Å²) in [5.41, 5.74) is -0.882. The number of benzene rings is 2. The normalized spacial score (nSPS) is 13.9. The molecular weight excluding hydrogens is 732 g/mol. The molecule has 0 unspecified atom stereocenters. The van der Waals surface area contributed by atoms with Crippen molar-refractivity contribution in [2.24, 2.45) is 5.92 Å². The van der Waals surface area contributed by atoms with Crippen molar-refractivity contribution in [2.75, 3.05) is 20.8 Å². The molecule has 2 rings (SSSR count). The van der Waals surface area contributed by atoms with Gasteiger partial charge in [-0.05, 0) is 35.7 Å². The minimum Gasteiger partial charge on any atom is -0.497 e. The summed E-state index contributed by atoms with van der Waals surface area (Å²) < 4.78 is 107. The number of amides is 5. The summed E-state index contributed by atoms with van der Waals surface area (Å²) >= 11 is 11.5. The fourth-order valence-electron chi connectivity index (χ4n) is 4.11. The summed E-state index contributed by atoms with van der Waals surface area (Å²) in [6, 6.07) is 2.55. The molecule has 4 N–H and O–H groups in total. The second-order valence-corrected chi connectivity index (χ2v) is 11.8. The summed E-state index contributed by atoms with van der Waals surface area (Å²) in [5.74, 6) is -19.4. The van der Waals surface area contributed by atoms with Crippen LogP contribution in [0.2, 0.25) is 10.0 Å². The molecule has 0 heterocycles. The molecule has 50 heavy (non-hydrogen) atoms. The Bertz CT molecular complexity index is 1560. The lowest BCUT2D eigenvalue weighted by molar-refractivity contribution is -0.178. The van der Waals surface area contributed by atoms with E-state index in [0.29, 0.717) is 5.32 Å². The first-order valence-electron chi connectivity index (χ1n) is 14.2. The van der Waals surface area contributed by atoms with Crippen LogP contribution in [-0.4, -0.2) is 74.5 Å². The second-order valence-electron chi connectivity index (χ2n) is 10.9. The zero-order valence-electron chi connectivity index (χ0n) is 26.5. The highest BCUT2D eigenvalue weighted by atomic mass is 35.5. The third-order valence-corrected chi connectivity index (χ3v) is 7.68. The van der Waals surface area contributed by atoms with Crippen molar-refractivity contribution in [3.8, 4) is 5.75 Å². The van der Waals surface area contributed by atoms with Crippen LogP contribution in [0.15, 0.2) is 42.5 Å². The highest BCUT2D eigenvalue weighted by Crippen LogP contribution is 2.33. The fraction of sp³-hybridized carbons (Fsp3) is 0.433. The van der Waals surface area contributed by atoms with Crippen LogP contribution < -0.4 is 26.0 Å². The largest absolute Gasteiger partial charge is 0.497 e. The Morgan fingerprint density at radius 1 is 0.760 bits per heavy atom. The molecule has 0 fully saturated rings. The monoisotopic (exact) mass is 762 g/mol. The van der Waals surface area contributed by atoms with Gasteiger partial charge >= 0.3 is 23.9 Å². The minimum atomic E-state index is -5.64. The Kier molecular flexibility index (Phi) is 14.4. The van der Waals surface area contributed by atoms with Crippen molar-refractivity contribution < 1.29 is 64.2 Å². The van der Waals surface area contributed by atoms with Gasteiger partial charge in [0.05, 0.1) is 23.8 Å². The van der Waals surface area contributed by atoms with Gasteiger partial charge in [-0.3, -0.25) is 29.3 Å². The second kappa shape index (κ2) is 17.2. The van der Waals surface area contributed by atoms with Gasteiger partial charge in [0, 0.05) is 25.1 Å². The molecule has 0 aromatic heterocycles. The fourth-order valence-corrected chi connectivity index (χ4v) is 4.41. The molecule has 20 heteroatoms. The highest BCUT2D eigenvalue weighted by molar-refractivity contribution is 6.42. The lowest BCUT2D eigenvalue weighted by atomic mass is 9.95. The number of hydrogen-bond donors (Lipinski definition) is 4. The number of nitrogens with one attached hydrogen (secondary N) is 4. The number of alkyl halides is 7. The van der Waals surface area contributed by atoms with Crippen molar-refractivity contribution in [2.45, 2.75) is 56.4 Å². The van der Waals surface area contributed by atoms with Gasteiger partial charge < -0.3 is 25.4 Å². The first kappa shape index (κ1) is 42.0. The van der Waals surface area contributed by atoms with E-state index >= 15 is 8.78 Å². The molecule has 11 nitrogen and oxygen atoms in total. The van der Waals surface area contributed by atoms with Crippen molar-refractivity contribution in [1.29, 1.82) is 0 Å². The van der Waals surface area contributed by atoms with Crippen LogP contribution in [0, 0.1) is 5.92 Å². The van der Waals surface area contributed by atoms with Gasteiger partial charge in [-0.25, -0.2) is 0 Å². The summed E-state index contributed by atoms with van der Waals surface area (Å²) in [6.45, 7) is 1.94. The van der Waals surface area contributed by atoms with E-state index in [-0.39, 0.29) is 21.4 Å². The van der Waals surface area contributed by atoms with Crippen LogP contribution in [0.25, 0.3) is 0 Å². The zero-order chi connectivity index (χ0) is 38.2. The molecule has 3 atom stereocenters. The molecule has 5 amide bonds. The van der Waals surface area contributed by atoms with Crippen molar-refractivity contribution in [3.63, 3.8) is 0 Å². The summed E-state index contributed by atoms with van der Waals surface area (Å²) in [5, 5.41) is 6.46. The molecule has 0 aliphatic rings. The Labute approximate surface area is 290 Å². The van der Waals surface area contributed by atoms with Crippen LogP contribution in [0.4, 0.5) is 30.7 Å². The first-order valence-corrected chi connectivity index (χ1v) is 15.0. The van der Waals surface area contributed by atoms with E-state index < -0.39 is 90.2 Å². The number of methoxy groups -OCH3 is 2. The SMILES string of the molecule is COC[C@H](NC(=O)C(F)(F)c1ccc(Cl)c(Cl)c1)C(=O)N[C@H](C(=O)N[C@@H](CC(F)(F)C(=O)NC(=O)C(F)(F)F)C(C)C)c1ccc(OC)cc1.